The summed E-state index contributed by atoms with van der Waals surface area (Å²) in [6.07, 6.45) is -13.5. The standard InChI is InChI=1S/3C27H36O12/c1-25(2)36-19-18(35-22-21(20(19)37-25)38-26(3,4)39-22)13-32-23(29)27(5,14-31-6)15-34-24(30)33-12-17(28)16-10-8-7-9-11-16;1-25(2)34-13-18(37-25)19-20-21(39-26(3,4)38-20)22(35-19)36-23(29)27(5,14-31-6)15-33-24(30)32-12-17(28)16-10-8-7-9-11-16;1-25(2)34-13-18(37-25)19-20(21-22(35-19)39-26(3,4)38-21)36-23(29)27(5,14-31-6)15-33-24(30)32-12-17(28)16-10-8-7-9-11-16/h3*7-11,18-22H,12-15H2,1-6H3/t;18?,19-,20+,21+,22?,27?;18?,19-,20?,21-,22-,27?/m.11/s1. The zero-order valence-corrected chi connectivity index (χ0v) is 69.0. The van der Waals surface area contributed by atoms with Gasteiger partial charge in [0.15, 0.2) is 103 Å². The molecule has 3 aromatic rings. The summed E-state index contributed by atoms with van der Waals surface area (Å²) in [5, 5.41) is 0. The molecule has 9 heterocycles. The Morgan fingerprint density at radius 1 is 0.342 bits per heavy atom. The van der Waals surface area contributed by atoms with Crippen LogP contribution in [0.15, 0.2) is 91.0 Å². The number of ether oxygens (including phenoxy) is 27. The first-order chi connectivity index (χ1) is 55.0. The molecule has 18 atom stereocenters. The lowest BCUT2D eigenvalue weighted by atomic mass is 9.92. The number of fused-ring (bicyclic) bond motifs is 5. The Labute approximate surface area is 677 Å². The second kappa shape index (κ2) is 37.9. The fourth-order valence-electron chi connectivity index (χ4n) is 14.1. The molecule has 0 spiro atoms. The van der Waals surface area contributed by atoms with Gasteiger partial charge in [-0.3, -0.25) is 28.8 Å². The number of Topliss-reactive ketones (excluding diaryl/α,β-unsaturated/α-hetero) is 3. The molecule has 12 unspecified atom stereocenters. The SMILES string of the molecule is COCC(C)(COC(=O)OCC(=O)c1ccccc1)C(=O)OC1O[C@H](C2COC(C)(C)O2)[C@@H]2OC(C)(C)O[C@H]12.COCC(C)(COC(=O)OCC(=O)c1ccccc1)C(=O)OC1[C@@H](C2COC(C)(C)O2)O[C@@H]2OC(C)(C)O[C@H]12.COCC(C)(COC(=O)OCC(=O)c1ccccc1)C(=O)OCC1OC2OC(C)(C)OC2C2OC(C)(C)OC12. The predicted molar refractivity (Wildman–Crippen MR) is 395 cm³/mol. The van der Waals surface area contributed by atoms with Gasteiger partial charge < -0.3 is 128 Å². The Kier molecular flexibility index (Phi) is 29.6. The average Bonchev–Trinajstić information content (AvgIpc) is 1.60. The first kappa shape index (κ1) is 91.5. The molecule has 0 aliphatic carbocycles. The van der Waals surface area contributed by atoms with Gasteiger partial charge in [-0.2, -0.15) is 0 Å². The minimum Gasteiger partial charge on any atom is -0.462 e. The first-order valence-corrected chi connectivity index (χ1v) is 38.2. The van der Waals surface area contributed by atoms with Crippen LogP contribution in [-0.4, -0.2) is 281 Å². The van der Waals surface area contributed by atoms with Gasteiger partial charge in [0.1, 0.15) is 97.6 Å². The van der Waals surface area contributed by atoms with Crippen molar-refractivity contribution in [3.63, 3.8) is 0 Å². The highest BCUT2D eigenvalue weighted by Gasteiger charge is 2.64. The van der Waals surface area contributed by atoms with Gasteiger partial charge in [0, 0.05) is 38.0 Å². The molecule has 0 aromatic heterocycles. The molecular formula is C81H108O36. The normalized spacial score (nSPS) is 30.2. The average molecular weight is 1660 g/mol. The quantitative estimate of drug-likeness (QED) is 0.0348. The molecule has 36 heteroatoms. The molecule has 0 N–H and O–H groups in total. The lowest BCUT2D eigenvalue weighted by molar-refractivity contribution is -0.249. The molecule has 0 amide bonds. The molecule has 36 nitrogen and oxygen atoms in total. The Balaban J connectivity index is 0.000000185. The van der Waals surface area contributed by atoms with Gasteiger partial charge in [-0.25, -0.2) is 14.4 Å². The Hall–Kier alpha value is -7.83. The maximum absolute atomic E-state index is 13.5. The summed E-state index contributed by atoms with van der Waals surface area (Å²) < 4.78 is 153. The second-order valence-corrected chi connectivity index (χ2v) is 32.7. The first-order valence-electron chi connectivity index (χ1n) is 38.2. The van der Waals surface area contributed by atoms with Crippen molar-refractivity contribution in [2.24, 2.45) is 16.2 Å². The minimum absolute atomic E-state index is 0.109. The van der Waals surface area contributed by atoms with Crippen molar-refractivity contribution < 1.29 is 171 Å². The molecule has 0 saturated carbocycles. The van der Waals surface area contributed by atoms with Crippen LogP contribution in [0.3, 0.4) is 0 Å². The van der Waals surface area contributed by atoms with E-state index in [-0.39, 0.29) is 45.4 Å². The minimum atomic E-state index is -1.42. The number of esters is 3. The van der Waals surface area contributed by atoms with E-state index in [4.69, 9.17) is 128 Å². The lowest BCUT2D eigenvalue weighted by Gasteiger charge is -2.37. The number of rotatable bonds is 30. The maximum atomic E-state index is 13.5. The van der Waals surface area contributed by atoms with Crippen LogP contribution in [0.1, 0.15) is 135 Å². The highest BCUT2D eigenvalue weighted by atomic mass is 16.9. The molecule has 9 fully saturated rings. The fourth-order valence-corrected chi connectivity index (χ4v) is 14.1. The summed E-state index contributed by atoms with van der Waals surface area (Å²) in [4.78, 5) is 113. The Morgan fingerprint density at radius 2 is 0.692 bits per heavy atom. The van der Waals surface area contributed by atoms with Crippen LogP contribution in [0.5, 0.6) is 0 Å². The van der Waals surface area contributed by atoms with Gasteiger partial charge in [0.05, 0.1) is 33.0 Å². The van der Waals surface area contributed by atoms with Gasteiger partial charge in [0.2, 0.25) is 6.29 Å². The van der Waals surface area contributed by atoms with Gasteiger partial charge in [-0.05, 0) is 104 Å². The van der Waals surface area contributed by atoms with E-state index < -0.39 is 231 Å². The second-order valence-electron chi connectivity index (χ2n) is 32.7. The third kappa shape index (κ3) is 23.8. The van der Waals surface area contributed by atoms with Crippen LogP contribution in [0, 0.1) is 16.2 Å². The highest BCUT2D eigenvalue weighted by molar-refractivity contribution is 5.99. The number of carbonyl (C=O) groups is 9. The third-order valence-electron chi connectivity index (χ3n) is 19.6. The Morgan fingerprint density at radius 3 is 1.10 bits per heavy atom. The van der Waals surface area contributed by atoms with Gasteiger partial charge in [0.25, 0.3) is 0 Å². The third-order valence-corrected chi connectivity index (χ3v) is 19.6. The van der Waals surface area contributed by atoms with Crippen LogP contribution in [0.2, 0.25) is 0 Å². The highest BCUT2D eigenvalue weighted by Crippen LogP contribution is 2.47. The summed E-state index contributed by atoms with van der Waals surface area (Å²) >= 11 is 0. The Bertz CT molecular complexity index is 3910. The van der Waals surface area contributed by atoms with Crippen LogP contribution in [0.4, 0.5) is 14.4 Å². The van der Waals surface area contributed by atoms with E-state index in [9.17, 15) is 43.2 Å². The van der Waals surface area contributed by atoms with Crippen molar-refractivity contribution in [3.05, 3.63) is 108 Å². The van der Waals surface area contributed by atoms with Crippen molar-refractivity contribution >= 4 is 53.7 Å². The summed E-state index contributed by atoms with van der Waals surface area (Å²) in [6.45, 7) is 23.0. The number of methoxy groups -OCH3 is 3. The zero-order valence-electron chi connectivity index (χ0n) is 69.0. The lowest BCUT2D eigenvalue weighted by Crippen LogP contribution is -2.56. The summed E-state index contributed by atoms with van der Waals surface area (Å²) in [5.74, 6) is -8.61. The molecule has 9 aliphatic rings. The van der Waals surface area contributed by atoms with Gasteiger partial charge in [-0.1, -0.05) is 91.0 Å². The molecule has 0 bridgehead atoms. The molecule has 648 valence electrons. The maximum Gasteiger partial charge on any atom is 0.508 e. The molecule has 9 aliphatic heterocycles. The van der Waals surface area contributed by atoms with Crippen molar-refractivity contribution in [1.29, 1.82) is 0 Å². The van der Waals surface area contributed by atoms with E-state index in [1.165, 1.54) is 42.1 Å². The van der Waals surface area contributed by atoms with Crippen molar-refractivity contribution in [1.82, 2.24) is 0 Å². The van der Waals surface area contributed by atoms with E-state index >= 15 is 0 Å². The molecular weight excluding hydrogens is 1550 g/mol. The molecule has 0 radical (unpaired) electrons. The van der Waals surface area contributed by atoms with E-state index in [1.54, 1.807) is 174 Å². The van der Waals surface area contributed by atoms with Crippen molar-refractivity contribution in [3.8, 4) is 0 Å². The summed E-state index contributed by atoms with van der Waals surface area (Å²) in [5.41, 5.74) is -3.01. The smallest absolute Gasteiger partial charge is 0.462 e. The van der Waals surface area contributed by atoms with Gasteiger partial charge >= 0.3 is 36.4 Å². The van der Waals surface area contributed by atoms with Crippen molar-refractivity contribution in [2.75, 3.05) is 101 Å². The van der Waals surface area contributed by atoms with Crippen molar-refractivity contribution in [2.45, 2.75) is 231 Å². The van der Waals surface area contributed by atoms with Crippen LogP contribution < -0.4 is 0 Å². The van der Waals surface area contributed by atoms with Crippen LogP contribution >= 0.6 is 0 Å². The number of carbonyl (C=O) groups excluding carboxylic acids is 9. The molecule has 3 aromatic carbocycles. The van der Waals surface area contributed by atoms with E-state index in [0.29, 0.717) is 16.7 Å². The summed E-state index contributed by atoms with van der Waals surface area (Å²) in [7, 11) is 4.21. The van der Waals surface area contributed by atoms with E-state index in [2.05, 4.69) is 0 Å². The molecule has 9 saturated heterocycles. The van der Waals surface area contributed by atoms with E-state index in [1.807, 2.05) is 0 Å². The monoisotopic (exact) mass is 1660 g/mol. The molecule has 117 heavy (non-hydrogen) atoms. The number of hydrogen-bond donors (Lipinski definition) is 0. The zero-order chi connectivity index (χ0) is 85.3. The molecule has 12 rings (SSSR count). The number of benzene rings is 3. The van der Waals surface area contributed by atoms with Crippen LogP contribution in [-0.2, 0) is 142 Å². The largest absolute Gasteiger partial charge is 0.508 e. The van der Waals surface area contributed by atoms with Gasteiger partial charge in [-0.15, -0.1) is 0 Å². The summed E-state index contributed by atoms with van der Waals surface area (Å²) in [6, 6.07) is 25.2. The topological polar surface area (TPSA) is 403 Å². The number of hydrogen-bond acceptors (Lipinski definition) is 36. The predicted octanol–water partition coefficient (Wildman–Crippen LogP) is 7.84. The van der Waals surface area contributed by atoms with E-state index in [0.717, 1.165) is 0 Å². The van der Waals surface area contributed by atoms with Crippen LogP contribution in [0.25, 0.3) is 0 Å². The number of ketones is 3. The fraction of sp³-hybridized carbons (Fsp3) is 0.667.